The number of guanidine groups is 1. The molecule has 2 aliphatic rings. The van der Waals surface area contributed by atoms with Gasteiger partial charge in [0.2, 0.25) is 29.5 Å². The number of para-hydroxylation sites is 1. The van der Waals surface area contributed by atoms with Crippen LogP contribution in [0.2, 0.25) is 0 Å². The Bertz CT molecular complexity index is 2030. The number of nitrogens with two attached hydrogens (primary N) is 4. The maximum absolute atomic E-state index is 14.5. The van der Waals surface area contributed by atoms with Crippen molar-refractivity contribution in [3.05, 3.63) is 71.9 Å². The van der Waals surface area contributed by atoms with Crippen molar-refractivity contribution in [3.8, 4) is 0 Å². The second-order valence-electron chi connectivity index (χ2n) is 16.8. The largest absolute Gasteiger partial charge is 0.480 e. The molecule has 0 spiro atoms. The van der Waals surface area contributed by atoms with Crippen LogP contribution in [0.3, 0.4) is 0 Å². The molecule has 2 aromatic carbocycles. The van der Waals surface area contributed by atoms with Gasteiger partial charge in [-0.3, -0.25) is 29.0 Å². The zero-order valence-electron chi connectivity index (χ0n) is 35.9. The van der Waals surface area contributed by atoms with E-state index in [0.29, 0.717) is 25.7 Å². The van der Waals surface area contributed by atoms with Gasteiger partial charge < -0.3 is 59.2 Å². The fraction of sp³-hybridized carbons (Fsp3) is 0.533. The number of H-pyrrole nitrogens is 1. The van der Waals surface area contributed by atoms with Gasteiger partial charge in [-0.05, 0) is 81.0 Å². The van der Waals surface area contributed by atoms with E-state index in [1.165, 1.54) is 4.90 Å². The van der Waals surface area contributed by atoms with Gasteiger partial charge in [0.05, 0.1) is 6.04 Å². The number of aliphatic imine (C=N–C) groups is 1. The van der Waals surface area contributed by atoms with Crippen LogP contribution in [0.1, 0.15) is 88.2 Å². The van der Waals surface area contributed by atoms with Crippen molar-refractivity contribution < 1.29 is 33.9 Å². The molecule has 1 saturated carbocycles. The number of carboxylic acids is 1. The van der Waals surface area contributed by atoms with Crippen LogP contribution in [-0.2, 0) is 41.6 Å². The highest BCUT2D eigenvalue weighted by molar-refractivity contribution is 5.97. The lowest BCUT2D eigenvalue weighted by molar-refractivity contribution is -0.143. The summed E-state index contributed by atoms with van der Waals surface area (Å²) in [5.41, 5.74) is 25.3. The van der Waals surface area contributed by atoms with Crippen molar-refractivity contribution in [2.24, 2.45) is 33.8 Å². The number of carbonyl (C=O) groups excluding carboxylic acids is 5. The minimum Gasteiger partial charge on any atom is -0.480 e. The van der Waals surface area contributed by atoms with Crippen LogP contribution in [0.4, 0.5) is 0 Å². The third kappa shape index (κ3) is 14.3. The minimum absolute atomic E-state index is 0.0157. The number of benzene rings is 2. The Morgan fingerprint density at radius 3 is 2.14 bits per heavy atom. The molecule has 342 valence electrons. The van der Waals surface area contributed by atoms with E-state index in [9.17, 15) is 33.9 Å². The summed E-state index contributed by atoms with van der Waals surface area (Å²) in [6, 6.07) is 10.4. The van der Waals surface area contributed by atoms with E-state index in [-0.39, 0.29) is 63.6 Å². The molecule has 1 aromatic heterocycles. The number of carbonyl (C=O) groups is 6. The number of aliphatic carboxylic acids is 1. The van der Waals surface area contributed by atoms with Crippen molar-refractivity contribution in [2.75, 3.05) is 19.6 Å². The monoisotopic (exact) mass is 872 g/mol. The van der Waals surface area contributed by atoms with Crippen LogP contribution >= 0.6 is 0 Å². The first-order valence-corrected chi connectivity index (χ1v) is 22.2. The highest BCUT2D eigenvalue weighted by Crippen LogP contribution is 2.28. The Labute approximate surface area is 368 Å². The summed E-state index contributed by atoms with van der Waals surface area (Å²) in [4.78, 5) is 91.2. The molecule has 2 heterocycles. The molecule has 14 N–H and O–H groups in total. The summed E-state index contributed by atoms with van der Waals surface area (Å²) in [5, 5.41) is 22.1. The highest BCUT2D eigenvalue weighted by Gasteiger charge is 2.40. The molecule has 18 heteroatoms. The summed E-state index contributed by atoms with van der Waals surface area (Å²) >= 11 is 0. The molecule has 1 aliphatic carbocycles. The minimum atomic E-state index is -1.30. The Morgan fingerprint density at radius 2 is 1.43 bits per heavy atom. The topological polar surface area (TPSA) is 306 Å². The second kappa shape index (κ2) is 24.0. The van der Waals surface area contributed by atoms with Gasteiger partial charge in [0.1, 0.15) is 30.2 Å². The fourth-order valence-corrected chi connectivity index (χ4v) is 8.61. The summed E-state index contributed by atoms with van der Waals surface area (Å²) in [6.45, 7) is 0.717. The van der Waals surface area contributed by atoms with E-state index in [1.807, 2.05) is 54.6 Å². The summed E-state index contributed by atoms with van der Waals surface area (Å²) in [6.07, 6.45) is 8.94. The molecule has 5 amide bonds. The Hall–Kier alpha value is -6.01. The van der Waals surface area contributed by atoms with Gasteiger partial charge in [-0.25, -0.2) is 4.79 Å². The number of nitrogens with one attached hydrogen (secondary N) is 5. The van der Waals surface area contributed by atoms with Crippen molar-refractivity contribution in [1.82, 2.24) is 31.2 Å². The van der Waals surface area contributed by atoms with Crippen molar-refractivity contribution in [3.63, 3.8) is 0 Å². The second-order valence-corrected chi connectivity index (χ2v) is 16.8. The smallest absolute Gasteiger partial charge is 0.326 e. The molecule has 2 fully saturated rings. The Balaban J connectivity index is 1.34. The number of aromatic nitrogens is 1. The van der Waals surface area contributed by atoms with Gasteiger partial charge in [0, 0.05) is 36.6 Å². The first-order valence-electron chi connectivity index (χ1n) is 22.2. The van der Waals surface area contributed by atoms with Crippen LogP contribution in [0.25, 0.3) is 10.9 Å². The number of nitrogens with zero attached hydrogens (tertiary/aromatic N) is 2. The molecule has 3 aromatic rings. The molecule has 0 radical (unpaired) electrons. The number of amides is 5. The van der Waals surface area contributed by atoms with Crippen LogP contribution in [0.15, 0.2) is 65.8 Å². The third-order valence-electron chi connectivity index (χ3n) is 12.0. The van der Waals surface area contributed by atoms with E-state index in [2.05, 4.69) is 31.2 Å². The molecule has 1 saturated heterocycles. The number of likely N-dealkylation sites (tertiary alicyclic amines) is 1. The number of carboxylic acid groups (broad SMARTS) is 1. The molecule has 0 unspecified atom stereocenters. The number of hydrogen-bond donors (Lipinski definition) is 10. The summed E-state index contributed by atoms with van der Waals surface area (Å²) in [7, 11) is 0. The number of aromatic amines is 1. The maximum Gasteiger partial charge on any atom is 0.326 e. The van der Waals surface area contributed by atoms with Crippen molar-refractivity contribution in [2.45, 2.75) is 126 Å². The normalized spacial score (nSPS) is 17.7. The van der Waals surface area contributed by atoms with E-state index in [4.69, 9.17) is 22.9 Å². The highest BCUT2D eigenvalue weighted by atomic mass is 16.4. The van der Waals surface area contributed by atoms with Gasteiger partial charge in [0.15, 0.2) is 5.96 Å². The SMILES string of the molecule is NCCC[C@H](NC(=O)[C@@H](N)Cc1ccccc1)C(=O)N1CCC[C@H]1C(=O)N[C@H](CC1CCCCC1)C(=O)N[C@@H](Cc1c[nH]c2ccccc12)C(=O)N[C@@H](CCCN=C(N)N)C(=O)O. The predicted octanol–water partition coefficient (Wildman–Crippen LogP) is 1.06. The Morgan fingerprint density at radius 1 is 0.762 bits per heavy atom. The van der Waals surface area contributed by atoms with Crippen molar-refractivity contribution >= 4 is 52.4 Å². The van der Waals surface area contributed by atoms with E-state index < -0.39 is 71.8 Å². The molecule has 6 atom stereocenters. The molecule has 1 aliphatic heterocycles. The van der Waals surface area contributed by atoms with Gasteiger partial charge >= 0.3 is 5.97 Å². The third-order valence-corrected chi connectivity index (χ3v) is 12.0. The molecule has 63 heavy (non-hydrogen) atoms. The quantitative estimate of drug-likeness (QED) is 0.0365. The first-order chi connectivity index (χ1) is 30.3. The number of fused-ring (bicyclic) bond motifs is 1. The lowest BCUT2D eigenvalue weighted by Crippen LogP contribution is -2.59. The number of hydrogen-bond acceptors (Lipinski definition) is 9. The molecular weight excluding hydrogens is 807 g/mol. The van der Waals surface area contributed by atoms with Crippen molar-refractivity contribution in [1.29, 1.82) is 0 Å². The zero-order chi connectivity index (χ0) is 45.3. The van der Waals surface area contributed by atoms with E-state index in [1.54, 1.807) is 6.20 Å². The van der Waals surface area contributed by atoms with E-state index in [0.717, 1.165) is 54.1 Å². The van der Waals surface area contributed by atoms with Gasteiger partial charge in [-0.1, -0.05) is 80.6 Å². The van der Waals surface area contributed by atoms with Crippen LogP contribution < -0.4 is 44.2 Å². The van der Waals surface area contributed by atoms with Gasteiger partial charge in [-0.15, -0.1) is 0 Å². The van der Waals surface area contributed by atoms with Crippen LogP contribution in [0.5, 0.6) is 0 Å². The maximum atomic E-state index is 14.5. The predicted molar refractivity (Wildman–Crippen MR) is 240 cm³/mol. The first kappa shape index (κ1) is 48.0. The molecule has 5 rings (SSSR count). The lowest BCUT2D eigenvalue weighted by Gasteiger charge is -2.32. The Kier molecular flexibility index (Phi) is 18.3. The lowest BCUT2D eigenvalue weighted by atomic mass is 9.84. The summed E-state index contributed by atoms with van der Waals surface area (Å²) < 4.78 is 0. The average Bonchev–Trinajstić information content (AvgIpc) is 3.94. The number of rotatable bonds is 23. The standard InChI is InChI=1S/C45H65N11O7/c46-21-9-18-34(52-39(57)32(47)24-28-12-3-1-4-13-28)43(61)56-23-11-20-38(56)42(60)55-36(25-29-14-5-2-6-15-29)40(58)54-37(26-30-27-51-33-17-8-7-16-31(30)33)41(59)53-35(44(62)63)19-10-22-50-45(48)49/h1,3-4,7-8,12-13,16-17,27,29,32,34-38,51H,2,5-6,9-11,14-15,18-26,46-47H2,(H,52,57)(H,53,59)(H,54,58)(H,55,60)(H,62,63)(H4,48,49,50)/t32-,34-,35-,36+,37-,38-/m0/s1. The molecule has 0 bridgehead atoms. The molecule has 18 nitrogen and oxygen atoms in total. The van der Waals surface area contributed by atoms with Gasteiger partial charge in [-0.2, -0.15) is 0 Å². The van der Waals surface area contributed by atoms with E-state index >= 15 is 0 Å². The van der Waals surface area contributed by atoms with Crippen LogP contribution in [0, 0.1) is 5.92 Å². The van der Waals surface area contributed by atoms with Gasteiger partial charge in [0.25, 0.3) is 0 Å². The van der Waals surface area contributed by atoms with Crippen LogP contribution in [-0.4, -0.2) is 112 Å². The average molecular weight is 872 g/mol. The summed E-state index contributed by atoms with van der Waals surface area (Å²) in [5.74, 6) is -4.05. The zero-order valence-corrected chi connectivity index (χ0v) is 35.9. The fourth-order valence-electron chi connectivity index (χ4n) is 8.61. The molecular formula is C45H65N11O7.